The fourth-order valence-corrected chi connectivity index (χ4v) is 8.33. The Balaban J connectivity index is 1.08. The van der Waals surface area contributed by atoms with Gasteiger partial charge >= 0.3 is 6.03 Å². The van der Waals surface area contributed by atoms with Crippen molar-refractivity contribution in [1.29, 1.82) is 0 Å². The maximum absolute atomic E-state index is 12.9. The van der Waals surface area contributed by atoms with Crippen LogP contribution in [0.2, 0.25) is 0 Å². The highest BCUT2D eigenvalue weighted by Gasteiger charge is 2.57. The van der Waals surface area contributed by atoms with Crippen molar-refractivity contribution in [2.75, 3.05) is 5.32 Å². The minimum absolute atomic E-state index is 0.106. The topological polar surface area (TPSA) is 79.2 Å². The first-order valence-electron chi connectivity index (χ1n) is 13.0. The number of anilines is 1. The molecule has 35 heavy (non-hydrogen) atoms. The fourth-order valence-electron chi connectivity index (χ4n) is 8.33. The number of urea groups is 1. The largest absolute Gasteiger partial charge is 0.393 e. The van der Waals surface area contributed by atoms with Crippen molar-refractivity contribution >= 4 is 11.7 Å². The van der Waals surface area contributed by atoms with Crippen molar-refractivity contribution in [3.8, 4) is 11.3 Å². The van der Waals surface area contributed by atoms with Gasteiger partial charge in [0.2, 0.25) is 0 Å². The standard InChI is InChI=1S/C29H32N4O2/c34-26(12-24-22-8-4-5-9-23(22)25-16-30-17-33(24)25)27-19-10-18-11-20(27)15-29(13-18,14-19)32-28(35)31-21-6-2-1-3-7-21/h1-9,16-20,24,26-27,34H,10-15H2,(H2,31,32,35)/t18?,19?,20?,24?,26-,27?,29?/m0/s1. The average molecular weight is 469 g/mol. The number of fused-ring (bicyclic) bond motifs is 3. The number of hydrogen-bond acceptors (Lipinski definition) is 3. The zero-order valence-electron chi connectivity index (χ0n) is 19.8. The summed E-state index contributed by atoms with van der Waals surface area (Å²) >= 11 is 0. The molecule has 1 aromatic heterocycles. The van der Waals surface area contributed by atoms with Crippen molar-refractivity contribution in [2.24, 2.45) is 23.7 Å². The number of aliphatic hydroxyl groups excluding tert-OH is 1. The molecule has 0 saturated heterocycles. The second-order valence-electron chi connectivity index (χ2n) is 11.4. The van der Waals surface area contributed by atoms with Gasteiger partial charge < -0.3 is 20.3 Å². The van der Waals surface area contributed by atoms with E-state index in [0.717, 1.165) is 37.1 Å². The van der Waals surface area contributed by atoms with Gasteiger partial charge in [0, 0.05) is 16.8 Å². The van der Waals surface area contributed by atoms with Crippen LogP contribution < -0.4 is 10.6 Å². The lowest BCUT2D eigenvalue weighted by Crippen LogP contribution is -2.64. The predicted molar refractivity (Wildman–Crippen MR) is 135 cm³/mol. The van der Waals surface area contributed by atoms with E-state index >= 15 is 0 Å². The Kier molecular flexibility index (Phi) is 4.81. The van der Waals surface area contributed by atoms with Gasteiger partial charge in [0.15, 0.2) is 0 Å². The monoisotopic (exact) mass is 468 g/mol. The minimum Gasteiger partial charge on any atom is -0.393 e. The van der Waals surface area contributed by atoms with E-state index in [9.17, 15) is 9.90 Å². The van der Waals surface area contributed by atoms with Crippen LogP contribution in [0.5, 0.6) is 0 Å². The summed E-state index contributed by atoms with van der Waals surface area (Å²) in [5.41, 5.74) is 4.36. The quantitative estimate of drug-likeness (QED) is 0.480. The van der Waals surface area contributed by atoms with E-state index in [4.69, 9.17) is 0 Å². The van der Waals surface area contributed by atoms with Crippen LogP contribution in [-0.4, -0.2) is 32.3 Å². The Labute approximate surface area is 205 Å². The predicted octanol–water partition coefficient (Wildman–Crippen LogP) is 5.22. The van der Waals surface area contributed by atoms with Crippen LogP contribution in [0.3, 0.4) is 0 Å². The number of rotatable bonds is 5. The SMILES string of the molecule is O=C(Nc1ccccc1)NC12CC3CC(C1)C([C@@H](O)CC1c4ccccc4-c4cncn41)C(C3)C2. The van der Waals surface area contributed by atoms with Gasteiger partial charge in [-0.2, -0.15) is 0 Å². The van der Waals surface area contributed by atoms with E-state index in [1.165, 1.54) is 24.0 Å². The molecule has 2 aromatic carbocycles. The molecule has 4 atom stereocenters. The highest BCUT2D eigenvalue weighted by Crippen LogP contribution is 2.60. The molecule has 3 N–H and O–H groups in total. The number of aliphatic hydroxyl groups is 1. The molecule has 0 spiro atoms. The molecule has 3 unspecified atom stereocenters. The summed E-state index contributed by atoms with van der Waals surface area (Å²) in [6, 6.07) is 18.2. The summed E-state index contributed by atoms with van der Waals surface area (Å²) < 4.78 is 2.24. The lowest BCUT2D eigenvalue weighted by Gasteiger charge is -2.61. The Bertz CT molecular complexity index is 1240. The average Bonchev–Trinajstić information content (AvgIpc) is 3.41. The molecule has 4 aliphatic carbocycles. The lowest BCUT2D eigenvalue weighted by molar-refractivity contribution is -0.108. The van der Waals surface area contributed by atoms with Crippen LogP contribution in [-0.2, 0) is 0 Å². The Hall–Kier alpha value is -3.12. The number of para-hydroxylation sites is 1. The number of carbonyl (C=O) groups excluding carboxylic acids is 1. The number of aromatic nitrogens is 2. The second kappa shape index (κ2) is 7.95. The zero-order chi connectivity index (χ0) is 23.6. The van der Waals surface area contributed by atoms with E-state index < -0.39 is 0 Å². The van der Waals surface area contributed by atoms with Crippen molar-refractivity contribution in [3.05, 3.63) is 72.7 Å². The van der Waals surface area contributed by atoms with Gasteiger partial charge in [-0.25, -0.2) is 9.78 Å². The third kappa shape index (κ3) is 3.49. The van der Waals surface area contributed by atoms with Crippen LogP contribution in [0.1, 0.15) is 50.1 Å². The number of amides is 2. The van der Waals surface area contributed by atoms with Crippen LogP contribution in [0.15, 0.2) is 67.1 Å². The van der Waals surface area contributed by atoms with Crippen LogP contribution in [0.25, 0.3) is 11.3 Å². The zero-order valence-corrected chi connectivity index (χ0v) is 19.8. The molecular weight excluding hydrogens is 436 g/mol. The summed E-state index contributed by atoms with van der Waals surface area (Å²) in [7, 11) is 0. The van der Waals surface area contributed by atoms with Gasteiger partial charge in [0.25, 0.3) is 0 Å². The van der Waals surface area contributed by atoms with Crippen LogP contribution in [0.4, 0.5) is 10.5 Å². The van der Waals surface area contributed by atoms with Crippen LogP contribution in [0, 0.1) is 23.7 Å². The van der Waals surface area contributed by atoms with Gasteiger partial charge in [0.1, 0.15) is 0 Å². The Morgan fingerprint density at radius 2 is 1.80 bits per heavy atom. The first-order chi connectivity index (χ1) is 17.1. The number of carbonyl (C=O) groups is 1. The van der Waals surface area contributed by atoms with Crippen molar-refractivity contribution in [1.82, 2.24) is 14.9 Å². The third-order valence-electron chi connectivity index (χ3n) is 9.26. The molecule has 4 fully saturated rings. The highest BCUT2D eigenvalue weighted by atomic mass is 16.3. The molecular formula is C29H32N4O2. The van der Waals surface area contributed by atoms with Crippen molar-refractivity contribution in [2.45, 2.75) is 56.2 Å². The molecule has 1 aliphatic heterocycles. The van der Waals surface area contributed by atoms with Gasteiger partial charge in [-0.15, -0.1) is 0 Å². The lowest BCUT2D eigenvalue weighted by atomic mass is 9.48. The molecule has 180 valence electrons. The summed E-state index contributed by atoms with van der Waals surface area (Å²) in [6.45, 7) is 0. The first kappa shape index (κ1) is 21.2. The third-order valence-corrected chi connectivity index (χ3v) is 9.26. The van der Waals surface area contributed by atoms with E-state index in [1.807, 2.05) is 42.9 Å². The first-order valence-corrected chi connectivity index (χ1v) is 13.0. The maximum atomic E-state index is 12.9. The molecule has 8 rings (SSSR count). The van der Waals surface area contributed by atoms with Gasteiger partial charge in [-0.05, 0) is 79.9 Å². The number of hydrogen-bond donors (Lipinski definition) is 3. The van der Waals surface area contributed by atoms with E-state index in [1.54, 1.807) is 0 Å². The molecule has 0 radical (unpaired) electrons. The molecule has 4 bridgehead atoms. The van der Waals surface area contributed by atoms with E-state index in [2.05, 4.69) is 44.5 Å². The highest BCUT2D eigenvalue weighted by molar-refractivity contribution is 5.89. The smallest absolute Gasteiger partial charge is 0.319 e. The van der Waals surface area contributed by atoms with Crippen LogP contribution >= 0.6 is 0 Å². The number of benzene rings is 2. The van der Waals surface area contributed by atoms with Gasteiger partial charge in [-0.3, -0.25) is 0 Å². The minimum atomic E-state index is -0.355. The molecule has 3 aromatic rings. The number of nitrogens with one attached hydrogen (secondary N) is 2. The summed E-state index contributed by atoms with van der Waals surface area (Å²) in [5.74, 6) is 1.89. The Morgan fingerprint density at radius 3 is 2.60 bits per heavy atom. The molecule has 6 nitrogen and oxygen atoms in total. The molecule has 5 aliphatic rings. The summed E-state index contributed by atoms with van der Waals surface area (Å²) in [6.07, 6.45) is 9.59. The second-order valence-corrected chi connectivity index (χ2v) is 11.4. The Morgan fingerprint density at radius 1 is 1.06 bits per heavy atom. The van der Waals surface area contributed by atoms with Crippen molar-refractivity contribution in [3.63, 3.8) is 0 Å². The summed E-state index contributed by atoms with van der Waals surface area (Å²) in [4.78, 5) is 17.3. The maximum Gasteiger partial charge on any atom is 0.319 e. The normalized spacial score (nSPS) is 32.7. The molecule has 6 heteroatoms. The fraction of sp³-hybridized carbons (Fsp3) is 0.448. The molecule has 4 saturated carbocycles. The molecule has 2 amide bonds. The molecule has 2 heterocycles. The van der Waals surface area contributed by atoms with Gasteiger partial charge in [-0.1, -0.05) is 42.5 Å². The van der Waals surface area contributed by atoms with Gasteiger partial charge in [0.05, 0.1) is 30.4 Å². The van der Waals surface area contributed by atoms with E-state index in [0.29, 0.717) is 23.7 Å². The summed E-state index contributed by atoms with van der Waals surface area (Å²) in [5, 5.41) is 18.0. The van der Waals surface area contributed by atoms with Crippen molar-refractivity contribution < 1.29 is 9.90 Å². The van der Waals surface area contributed by atoms with E-state index in [-0.39, 0.29) is 23.7 Å². The number of imidazole rings is 1. The number of nitrogens with zero attached hydrogens (tertiary/aromatic N) is 2.